The van der Waals surface area contributed by atoms with Gasteiger partial charge in [0.2, 0.25) is 15.9 Å². The predicted octanol–water partition coefficient (Wildman–Crippen LogP) is 3.49. The molecule has 1 aromatic heterocycles. The number of carbonyl (C=O) groups excluding carboxylic acids is 1. The molecule has 1 aromatic carbocycles. The van der Waals surface area contributed by atoms with Gasteiger partial charge in [0.1, 0.15) is 0 Å². The second kappa shape index (κ2) is 7.75. The van der Waals surface area contributed by atoms with Crippen molar-refractivity contribution < 1.29 is 13.2 Å². The summed E-state index contributed by atoms with van der Waals surface area (Å²) in [5.74, 6) is -0.275. The highest BCUT2D eigenvalue weighted by molar-refractivity contribution is 9.10. The molecule has 2 heterocycles. The van der Waals surface area contributed by atoms with E-state index in [-0.39, 0.29) is 11.8 Å². The first-order valence-corrected chi connectivity index (χ1v) is 11.7. The standard InChI is InChI=1S/C17H20BrN3O3S2/c1-11-15(12-3-5-14(18)6-4-12)19-17(25-11)20-16(22)13-7-9-21(10-8-13)26(2,23)24/h3-6,13H,7-10H2,1-2H3,(H,19,20,22). The molecule has 3 rings (SSSR count). The molecule has 26 heavy (non-hydrogen) atoms. The van der Waals surface area contributed by atoms with Crippen LogP contribution in [0.3, 0.4) is 0 Å². The quantitative estimate of drug-likeness (QED) is 0.761. The summed E-state index contributed by atoms with van der Waals surface area (Å²) in [5, 5.41) is 3.48. The average Bonchev–Trinajstić information content (AvgIpc) is 2.95. The van der Waals surface area contributed by atoms with Crippen molar-refractivity contribution >= 4 is 48.3 Å². The molecule has 9 heteroatoms. The molecule has 0 spiro atoms. The monoisotopic (exact) mass is 457 g/mol. The number of halogens is 1. The molecule has 1 aliphatic rings. The van der Waals surface area contributed by atoms with Crippen molar-refractivity contribution in [3.8, 4) is 11.3 Å². The molecule has 0 bridgehead atoms. The van der Waals surface area contributed by atoms with E-state index in [2.05, 4.69) is 26.2 Å². The van der Waals surface area contributed by atoms with E-state index in [4.69, 9.17) is 0 Å². The SMILES string of the molecule is Cc1sc(NC(=O)C2CCN(S(C)(=O)=O)CC2)nc1-c1ccc(Br)cc1. The van der Waals surface area contributed by atoms with Gasteiger partial charge >= 0.3 is 0 Å². The zero-order valence-corrected chi connectivity index (χ0v) is 17.7. The van der Waals surface area contributed by atoms with E-state index < -0.39 is 10.0 Å². The van der Waals surface area contributed by atoms with Crippen molar-refractivity contribution in [2.75, 3.05) is 24.7 Å². The number of amides is 1. The molecule has 1 amide bonds. The Hall–Kier alpha value is -1.29. The normalized spacial score (nSPS) is 16.6. The second-order valence-corrected chi connectivity index (χ2v) is 10.5. The summed E-state index contributed by atoms with van der Waals surface area (Å²) in [6.45, 7) is 2.76. The number of hydrogen-bond acceptors (Lipinski definition) is 5. The van der Waals surface area contributed by atoms with Crippen molar-refractivity contribution in [3.05, 3.63) is 33.6 Å². The third-order valence-electron chi connectivity index (χ3n) is 4.44. The van der Waals surface area contributed by atoms with Crippen LogP contribution in [-0.4, -0.2) is 43.0 Å². The van der Waals surface area contributed by atoms with Gasteiger partial charge in [0.05, 0.1) is 11.9 Å². The smallest absolute Gasteiger partial charge is 0.229 e. The molecule has 6 nitrogen and oxygen atoms in total. The lowest BCUT2D eigenvalue weighted by atomic mass is 9.97. The lowest BCUT2D eigenvalue weighted by molar-refractivity contribution is -0.120. The minimum absolute atomic E-state index is 0.0887. The summed E-state index contributed by atoms with van der Waals surface area (Å²) >= 11 is 4.87. The van der Waals surface area contributed by atoms with Gasteiger partial charge in [-0.2, -0.15) is 0 Å². The van der Waals surface area contributed by atoms with Crippen LogP contribution in [-0.2, 0) is 14.8 Å². The van der Waals surface area contributed by atoms with Crippen LogP contribution in [0.1, 0.15) is 17.7 Å². The molecule has 0 aliphatic carbocycles. The fraction of sp³-hybridized carbons (Fsp3) is 0.412. The highest BCUT2D eigenvalue weighted by Gasteiger charge is 2.29. The molecule has 0 saturated carbocycles. The van der Waals surface area contributed by atoms with Crippen LogP contribution in [0.2, 0.25) is 0 Å². The van der Waals surface area contributed by atoms with Crippen molar-refractivity contribution in [2.45, 2.75) is 19.8 Å². The Bertz CT molecular complexity index is 902. The Labute approximate surface area is 165 Å². The number of nitrogens with one attached hydrogen (secondary N) is 1. The van der Waals surface area contributed by atoms with Crippen LogP contribution in [0.15, 0.2) is 28.7 Å². The van der Waals surface area contributed by atoms with Gasteiger partial charge in [-0.1, -0.05) is 28.1 Å². The first-order valence-electron chi connectivity index (χ1n) is 8.23. The number of aryl methyl sites for hydroxylation is 1. The minimum atomic E-state index is -3.18. The van der Waals surface area contributed by atoms with Crippen LogP contribution < -0.4 is 5.32 Å². The predicted molar refractivity (Wildman–Crippen MR) is 108 cm³/mol. The Morgan fingerprint density at radius 2 is 1.88 bits per heavy atom. The third-order valence-corrected chi connectivity index (χ3v) is 7.16. The van der Waals surface area contributed by atoms with Crippen molar-refractivity contribution in [2.24, 2.45) is 5.92 Å². The fourth-order valence-corrected chi connectivity index (χ4v) is 4.96. The van der Waals surface area contributed by atoms with Gasteiger partial charge in [0, 0.05) is 33.9 Å². The zero-order chi connectivity index (χ0) is 18.9. The number of nitrogens with zero attached hydrogens (tertiary/aromatic N) is 2. The van der Waals surface area contributed by atoms with Crippen LogP contribution in [0, 0.1) is 12.8 Å². The van der Waals surface area contributed by atoms with Crippen LogP contribution in [0.5, 0.6) is 0 Å². The van der Waals surface area contributed by atoms with E-state index in [0.29, 0.717) is 31.1 Å². The van der Waals surface area contributed by atoms with Gasteiger partial charge in [-0.05, 0) is 31.9 Å². The Morgan fingerprint density at radius 1 is 1.27 bits per heavy atom. The number of rotatable bonds is 4. The third kappa shape index (κ3) is 4.51. The molecule has 1 fully saturated rings. The van der Waals surface area contributed by atoms with E-state index in [9.17, 15) is 13.2 Å². The maximum Gasteiger partial charge on any atom is 0.229 e. The van der Waals surface area contributed by atoms with Crippen molar-refractivity contribution in [1.29, 1.82) is 0 Å². The van der Waals surface area contributed by atoms with Gasteiger partial charge in [-0.3, -0.25) is 4.79 Å². The molecule has 0 unspecified atom stereocenters. The number of thiazole rings is 1. The maximum absolute atomic E-state index is 12.5. The molecule has 1 saturated heterocycles. The average molecular weight is 458 g/mol. The van der Waals surface area contributed by atoms with Crippen molar-refractivity contribution in [3.63, 3.8) is 0 Å². The molecule has 0 atom stereocenters. The van der Waals surface area contributed by atoms with Crippen LogP contribution in [0.25, 0.3) is 11.3 Å². The lowest BCUT2D eigenvalue weighted by Crippen LogP contribution is -2.40. The number of piperidine rings is 1. The van der Waals surface area contributed by atoms with E-state index in [0.717, 1.165) is 20.6 Å². The largest absolute Gasteiger partial charge is 0.302 e. The summed E-state index contributed by atoms with van der Waals surface area (Å²) in [6.07, 6.45) is 2.26. The zero-order valence-electron chi connectivity index (χ0n) is 14.5. The second-order valence-electron chi connectivity index (χ2n) is 6.36. The first kappa shape index (κ1) is 19.5. The number of hydrogen-bond donors (Lipinski definition) is 1. The van der Waals surface area contributed by atoms with Gasteiger partial charge in [0.15, 0.2) is 5.13 Å². The maximum atomic E-state index is 12.5. The fourth-order valence-electron chi connectivity index (χ4n) is 2.98. The molecule has 140 valence electrons. The summed E-state index contributed by atoms with van der Waals surface area (Å²) in [4.78, 5) is 18.1. The summed E-state index contributed by atoms with van der Waals surface area (Å²) in [6, 6.07) is 7.89. The molecular formula is C17H20BrN3O3S2. The summed E-state index contributed by atoms with van der Waals surface area (Å²) in [5.41, 5.74) is 1.87. The minimum Gasteiger partial charge on any atom is -0.302 e. The van der Waals surface area contributed by atoms with E-state index in [1.54, 1.807) is 0 Å². The molecule has 1 N–H and O–H groups in total. The molecular weight excluding hydrogens is 438 g/mol. The number of carbonyl (C=O) groups is 1. The number of aromatic nitrogens is 1. The van der Waals surface area contributed by atoms with Gasteiger partial charge in [0.25, 0.3) is 0 Å². The molecule has 0 radical (unpaired) electrons. The van der Waals surface area contributed by atoms with E-state index in [1.165, 1.54) is 21.9 Å². The summed E-state index contributed by atoms with van der Waals surface area (Å²) < 4.78 is 25.6. The molecule has 1 aliphatic heterocycles. The van der Waals surface area contributed by atoms with Gasteiger partial charge < -0.3 is 5.32 Å². The lowest BCUT2D eigenvalue weighted by Gasteiger charge is -2.29. The van der Waals surface area contributed by atoms with E-state index in [1.807, 2.05) is 31.2 Å². The number of anilines is 1. The van der Waals surface area contributed by atoms with E-state index >= 15 is 0 Å². The Balaban J connectivity index is 1.65. The summed E-state index contributed by atoms with van der Waals surface area (Å²) in [7, 11) is -3.18. The van der Waals surface area contributed by atoms with Crippen LogP contribution >= 0.6 is 27.3 Å². The number of sulfonamides is 1. The van der Waals surface area contributed by atoms with Crippen LogP contribution in [0.4, 0.5) is 5.13 Å². The number of benzene rings is 1. The van der Waals surface area contributed by atoms with Gasteiger partial charge in [-0.25, -0.2) is 17.7 Å². The Kier molecular flexibility index (Phi) is 5.81. The van der Waals surface area contributed by atoms with Crippen molar-refractivity contribution in [1.82, 2.24) is 9.29 Å². The molecule has 2 aromatic rings. The van der Waals surface area contributed by atoms with Gasteiger partial charge in [-0.15, -0.1) is 11.3 Å². The highest BCUT2D eigenvalue weighted by Crippen LogP contribution is 2.31. The first-order chi connectivity index (χ1) is 12.2. The topological polar surface area (TPSA) is 79.4 Å². The highest BCUT2D eigenvalue weighted by atomic mass is 79.9. The Morgan fingerprint density at radius 3 is 2.46 bits per heavy atom.